The minimum absolute atomic E-state index is 0.0360. The number of nitrogens with zero attached hydrogens (tertiary/aromatic N) is 2. The molecule has 1 atom stereocenters. The van der Waals surface area contributed by atoms with Crippen LogP contribution in [0.2, 0.25) is 0 Å². The van der Waals surface area contributed by atoms with Gasteiger partial charge < -0.3 is 10.8 Å². The van der Waals surface area contributed by atoms with Crippen LogP contribution in [0.1, 0.15) is 11.6 Å². The molecule has 0 spiro atoms. The van der Waals surface area contributed by atoms with E-state index < -0.39 is 0 Å². The minimum atomic E-state index is -0.298. The Balaban J connectivity index is 2.74. The molecule has 0 radical (unpaired) electrons. The first kappa shape index (κ1) is 7.24. The second-order valence-corrected chi connectivity index (χ2v) is 2.24. The van der Waals surface area contributed by atoms with E-state index in [9.17, 15) is 0 Å². The third-order valence-electron chi connectivity index (χ3n) is 1.35. The summed E-state index contributed by atoms with van der Waals surface area (Å²) in [4.78, 5) is 0. The fourth-order valence-corrected chi connectivity index (χ4v) is 0.737. The van der Waals surface area contributed by atoms with E-state index in [1.54, 1.807) is 17.1 Å². The molecule has 0 aliphatic heterocycles. The lowest BCUT2D eigenvalue weighted by Crippen LogP contribution is -2.13. The Morgan fingerprint density at radius 3 is 3.00 bits per heavy atom. The second-order valence-electron chi connectivity index (χ2n) is 2.24. The fraction of sp³-hybridized carbons (Fsp3) is 0.500. The monoisotopic (exact) mass is 141 g/mol. The first-order chi connectivity index (χ1) is 4.74. The van der Waals surface area contributed by atoms with Gasteiger partial charge in [0.2, 0.25) is 0 Å². The molecule has 0 bridgehead atoms. The Labute approximate surface area is 59.3 Å². The molecule has 0 saturated heterocycles. The third kappa shape index (κ3) is 1.34. The highest BCUT2D eigenvalue weighted by molar-refractivity contribution is 5.08. The van der Waals surface area contributed by atoms with E-state index in [2.05, 4.69) is 5.10 Å². The average molecular weight is 141 g/mol. The lowest BCUT2D eigenvalue weighted by Gasteiger charge is -2.01. The molecule has 1 rings (SSSR count). The zero-order valence-electron chi connectivity index (χ0n) is 5.86. The van der Waals surface area contributed by atoms with Crippen molar-refractivity contribution in [3.8, 4) is 0 Å². The maximum absolute atomic E-state index is 8.64. The Morgan fingerprint density at radius 2 is 2.60 bits per heavy atom. The van der Waals surface area contributed by atoms with E-state index >= 15 is 0 Å². The normalized spacial score (nSPS) is 13.5. The van der Waals surface area contributed by atoms with Gasteiger partial charge in [-0.2, -0.15) is 5.10 Å². The predicted octanol–water partition coefficient (Wildman–Crippen LogP) is -0.588. The van der Waals surface area contributed by atoms with Gasteiger partial charge >= 0.3 is 0 Å². The van der Waals surface area contributed by atoms with Crippen molar-refractivity contribution in [1.82, 2.24) is 9.78 Å². The van der Waals surface area contributed by atoms with Gasteiger partial charge in [0.05, 0.1) is 18.8 Å². The zero-order valence-corrected chi connectivity index (χ0v) is 5.86. The molecule has 0 saturated carbocycles. The molecule has 3 N–H and O–H groups in total. The Morgan fingerprint density at radius 1 is 1.90 bits per heavy atom. The summed E-state index contributed by atoms with van der Waals surface area (Å²) in [6.45, 7) is -0.0360. The van der Waals surface area contributed by atoms with E-state index in [0.29, 0.717) is 0 Å². The van der Waals surface area contributed by atoms with Gasteiger partial charge in [-0.3, -0.25) is 4.68 Å². The van der Waals surface area contributed by atoms with Gasteiger partial charge in [-0.25, -0.2) is 0 Å². The average Bonchev–Trinajstić information content (AvgIpc) is 2.34. The Hall–Kier alpha value is -0.870. The van der Waals surface area contributed by atoms with Crippen LogP contribution in [0.3, 0.4) is 0 Å². The van der Waals surface area contributed by atoms with Crippen LogP contribution in [0.25, 0.3) is 0 Å². The van der Waals surface area contributed by atoms with Crippen LogP contribution in [0.5, 0.6) is 0 Å². The molecule has 1 heterocycles. The van der Waals surface area contributed by atoms with E-state index in [1.807, 2.05) is 7.05 Å². The van der Waals surface area contributed by atoms with E-state index in [0.717, 1.165) is 5.56 Å². The lowest BCUT2D eigenvalue weighted by atomic mass is 10.2. The van der Waals surface area contributed by atoms with Gasteiger partial charge in [0.15, 0.2) is 0 Å². The number of aryl methyl sites for hydroxylation is 1. The highest BCUT2D eigenvalue weighted by atomic mass is 16.3. The van der Waals surface area contributed by atoms with Gasteiger partial charge in [-0.1, -0.05) is 0 Å². The van der Waals surface area contributed by atoms with Gasteiger partial charge in [-0.15, -0.1) is 0 Å². The topological polar surface area (TPSA) is 64.1 Å². The van der Waals surface area contributed by atoms with Crippen LogP contribution in [0.15, 0.2) is 12.4 Å². The van der Waals surface area contributed by atoms with Gasteiger partial charge in [-0.05, 0) is 0 Å². The van der Waals surface area contributed by atoms with Crippen LogP contribution in [-0.2, 0) is 7.05 Å². The van der Waals surface area contributed by atoms with Crippen molar-refractivity contribution >= 4 is 0 Å². The number of aliphatic hydroxyl groups is 1. The van der Waals surface area contributed by atoms with Crippen LogP contribution in [0, 0.1) is 0 Å². The predicted molar refractivity (Wildman–Crippen MR) is 37.2 cm³/mol. The quantitative estimate of drug-likeness (QED) is 0.578. The molecule has 1 aromatic heterocycles. The summed E-state index contributed by atoms with van der Waals surface area (Å²) in [7, 11) is 1.81. The van der Waals surface area contributed by atoms with Crippen molar-refractivity contribution in [3.05, 3.63) is 18.0 Å². The fourth-order valence-electron chi connectivity index (χ4n) is 0.737. The molecule has 10 heavy (non-hydrogen) atoms. The molecule has 1 aromatic rings. The lowest BCUT2D eigenvalue weighted by molar-refractivity contribution is 0.268. The Kier molecular flexibility index (Phi) is 2.03. The van der Waals surface area contributed by atoms with Crippen LogP contribution >= 0.6 is 0 Å². The first-order valence-corrected chi connectivity index (χ1v) is 3.09. The van der Waals surface area contributed by atoms with Crippen molar-refractivity contribution < 1.29 is 5.11 Å². The summed E-state index contributed by atoms with van der Waals surface area (Å²) in [5.41, 5.74) is 6.37. The van der Waals surface area contributed by atoms with Crippen LogP contribution < -0.4 is 5.73 Å². The maximum Gasteiger partial charge on any atom is 0.0625 e. The van der Waals surface area contributed by atoms with Crippen LogP contribution in [0.4, 0.5) is 0 Å². The number of hydrogen-bond donors (Lipinski definition) is 2. The standard InChI is InChI=1S/C6H11N3O/c1-9-3-5(2-8-9)6(7)4-10/h2-3,6,10H,4,7H2,1H3. The molecule has 0 amide bonds. The maximum atomic E-state index is 8.64. The first-order valence-electron chi connectivity index (χ1n) is 3.09. The van der Waals surface area contributed by atoms with Crippen molar-refractivity contribution in [1.29, 1.82) is 0 Å². The number of nitrogens with two attached hydrogens (primary N) is 1. The molecular formula is C6H11N3O. The van der Waals surface area contributed by atoms with Crippen LogP contribution in [-0.4, -0.2) is 21.5 Å². The molecule has 4 heteroatoms. The van der Waals surface area contributed by atoms with Crippen molar-refractivity contribution in [2.24, 2.45) is 12.8 Å². The minimum Gasteiger partial charge on any atom is -0.394 e. The Bertz CT molecular complexity index is 209. The summed E-state index contributed by atoms with van der Waals surface area (Å²) in [6, 6.07) is -0.298. The molecule has 0 aromatic carbocycles. The van der Waals surface area contributed by atoms with Gasteiger partial charge in [0.25, 0.3) is 0 Å². The number of aliphatic hydroxyl groups excluding tert-OH is 1. The van der Waals surface area contributed by atoms with E-state index in [4.69, 9.17) is 10.8 Å². The van der Waals surface area contributed by atoms with Crippen molar-refractivity contribution in [2.75, 3.05) is 6.61 Å². The SMILES string of the molecule is Cn1cc(C(N)CO)cn1. The highest BCUT2D eigenvalue weighted by Gasteiger charge is 2.04. The van der Waals surface area contributed by atoms with Gasteiger partial charge in [0.1, 0.15) is 0 Å². The summed E-state index contributed by atoms with van der Waals surface area (Å²) >= 11 is 0. The van der Waals surface area contributed by atoms with Crippen molar-refractivity contribution in [3.63, 3.8) is 0 Å². The largest absolute Gasteiger partial charge is 0.394 e. The van der Waals surface area contributed by atoms with E-state index in [1.165, 1.54) is 0 Å². The third-order valence-corrected chi connectivity index (χ3v) is 1.35. The zero-order chi connectivity index (χ0) is 7.56. The summed E-state index contributed by atoms with van der Waals surface area (Å²) in [6.07, 6.45) is 3.45. The molecule has 0 aliphatic rings. The highest BCUT2D eigenvalue weighted by Crippen LogP contribution is 2.05. The van der Waals surface area contributed by atoms with Gasteiger partial charge in [0, 0.05) is 18.8 Å². The number of rotatable bonds is 2. The molecule has 0 fully saturated rings. The molecule has 0 aliphatic carbocycles. The summed E-state index contributed by atoms with van der Waals surface area (Å²) < 4.78 is 1.66. The molecule has 4 nitrogen and oxygen atoms in total. The summed E-state index contributed by atoms with van der Waals surface area (Å²) in [5.74, 6) is 0. The molecule has 1 unspecified atom stereocenters. The number of hydrogen-bond acceptors (Lipinski definition) is 3. The number of aromatic nitrogens is 2. The van der Waals surface area contributed by atoms with E-state index in [-0.39, 0.29) is 12.6 Å². The molecular weight excluding hydrogens is 130 g/mol. The second kappa shape index (κ2) is 2.81. The molecule has 56 valence electrons. The smallest absolute Gasteiger partial charge is 0.0625 e. The van der Waals surface area contributed by atoms with Crippen molar-refractivity contribution in [2.45, 2.75) is 6.04 Å². The summed E-state index contributed by atoms with van der Waals surface area (Å²) in [5, 5.41) is 12.5.